The maximum Gasteiger partial charge on any atom is 0.244 e. The molecule has 4 nitrogen and oxygen atoms in total. The minimum Gasteiger partial charge on any atom is -0.328 e. The number of sulfonamides is 1. The molecule has 2 heterocycles. The van der Waals surface area contributed by atoms with Gasteiger partial charge in [0.2, 0.25) is 10.0 Å². The van der Waals surface area contributed by atoms with Crippen molar-refractivity contribution in [2.75, 3.05) is 13.1 Å². The van der Waals surface area contributed by atoms with E-state index < -0.39 is 10.0 Å². The number of rotatable bonds is 3. The Kier molecular flexibility index (Phi) is 4.49. The molecule has 0 saturated carbocycles. The normalized spacial score (nSPS) is 22.0. The summed E-state index contributed by atoms with van der Waals surface area (Å²) in [7, 11) is -3.50. The van der Waals surface area contributed by atoms with E-state index in [0.717, 1.165) is 17.5 Å². The molecule has 0 radical (unpaired) electrons. The van der Waals surface area contributed by atoms with Crippen LogP contribution in [-0.4, -0.2) is 31.9 Å². The van der Waals surface area contributed by atoms with Gasteiger partial charge >= 0.3 is 0 Å². The highest BCUT2D eigenvalue weighted by atomic mass is 35.5. The lowest BCUT2D eigenvalue weighted by Gasteiger charge is -2.33. The van der Waals surface area contributed by atoms with Gasteiger partial charge in [-0.1, -0.05) is 11.6 Å². The fraction of sp³-hybridized carbons (Fsp3) is 0.467. The quantitative estimate of drug-likeness (QED) is 0.915. The van der Waals surface area contributed by atoms with E-state index in [2.05, 4.69) is 0 Å². The monoisotopic (exact) mass is 358 g/mol. The molecule has 0 aliphatic carbocycles. The van der Waals surface area contributed by atoms with Crippen molar-refractivity contribution in [2.24, 2.45) is 11.7 Å². The van der Waals surface area contributed by atoms with Crippen molar-refractivity contribution in [3.8, 4) is 0 Å². The Hall–Kier alpha value is -0.660. The summed E-state index contributed by atoms with van der Waals surface area (Å²) >= 11 is 7.46. The highest BCUT2D eigenvalue weighted by Crippen LogP contribution is 2.34. The SMILES string of the molecule is CC(N)C1CCCN(S(=O)(=O)c2csc3ccc(Cl)cc23)C1. The van der Waals surface area contributed by atoms with E-state index in [1.165, 1.54) is 11.3 Å². The van der Waals surface area contributed by atoms with Gasteiger partial charge in [0.05, 0.1) is 0 Å². The van der Waals surface area contributed by atoms with Gasteiger partial charge in [-0.25, -0.2) is 8.42 Å². The first-order chi connectivity index (χ1) is 10.4. The van der Waals surface area contributed by atoms with Crippen molar-refractivity contribution < 1.29 is 8.42 Å². The van der Waals surface area contributed by atoms with Crippen LogP contribution in [0.1, 0.15) is 19.8 Å². The third kappa shape index (κ3) is 2.90. The van der Waals surface area contributed by atoms with Gasteiger partial charge < -0.3 is 5.73 Å². The molecular weight excluding hydrogens is 340 g/mol. The fourth-order valence-corrected chi connectivity index (χ4v) is 6.09. The largest absolute Gasteiger partial charge is 0.328 e. The number of fused-ring (bicyclic) bond motifs is 1. The Bertz CT molecular complexity index is 786. The molecule has 1 aliphatic heterocycles. The number of thiophene rings is 1. The molecule has 0 bridgehead atoms. The van der Waals surface area contributed by atoms with Crippen LogP contribution in [0.15, 0.2) is 28.5 Å². The first kappa shape index (κ1) is 16.2. The van der Waals surface area contributed by atoms with Gasteiger partial charge in [0.15, 0.2) is 0 Å². The van der Waals surface area contributed by atoms with Gasteiger partial charge in [-0.05, 0) is 43.9 Å². The van der Waals surface area contributed by atoms with Crippen molar-refractivity contribution in [3.63, 3.8) is 0 Å². The predicted molar refractivity (Wildman–Crippen MR) is 92.0 cm³/mol. The lowest BCUT2D eigenvalue weighted by Crippen LogP contribution is -2.44. The second-order valence-electron chi connectivity index (χ2n) is 5.86. The molecule has 2 aromatic rings. The van der Waals surface area contributed by atoms with Crippen molar-refractivity contribution >= 4 is 43.0 Å². The summed E-state index contributed by atoms with van der Waals surface area (Å²) in [6.07, 6.45) is 1.84. The number of halogens is 1. The van der Waals surface area contributed by atoms with Crippen LogP contribution >= 0.6 is 22.9 Å². The van der Waals surface area contributed by atoms with Gasteiger partial charge in [0.1, 0.15) is 4.90 Å². The van der Waals surface area contributed by atoms with E-state index in [1.807, 2.05) is 13.0 Å². The molecule has 1 aliphatic rings. The van der Waals surface area contributed by atoms with E-state index in [-0.39, 0.29) is 12.0 Å². The molecule has 120 valence electrons. The van der Waals surface area contributed by atoms with E-state index in [4.69, 9.17) is 17.3 Å². The van der Waals surface area contributed by atoms with Crippen molar-refractivity contribution in [1.82, 2.24) is 4.31 Å². The van der Waals surface area contributed by atoms with Crippen molar-refractivity contribution in [3.05, 3.63) is 28.6 Å². The van der Waals surface area contributed by atoms with Crippen molar-refractivity contribution in [1.29, 1.82) is 0 Å². The molecule has 0 spiro atoms. The van der Waals surface area contributed by atoms with Crippen molar-refractivity contribution in [2.45, 2.75) is 30.7 Å². The first-order valence-corrected chi connectivity index (χ1v) is 10.0. The Morgan fingerprint density at radius 1 is 1.45 bits per heavy atom. The van der Waals surface area contributed by atoms with Crippen LogP contribution in [-0.2, 0) is 10.0 Å². The Morgan fingerprint density at radius 2 is 2.23 bits per heavy atom. The van der Waals surface area contributed by atoms with Crippen LogP contribution in [0.2, 0.25) is 5.02 Å². The van der Waals surface area contributed by atoms with Gasteiger partial charge in [-0.15, -0.1) is 11.3 Å². The molecule has 2 unspecified atom stereocenters. The predicted octanol–water partition coefficient (Wildman–Crippen LogP) is 3.30. The van der Waals surface area contributed by atoms with Crippen LogP contribution in [0.4, 0.5) is 0 Å². The summed E-state index contributed by atoms with van der Waals surface area (Å²) in [4.78, 5) is 0.361. The zero-order chi connectivity index (χ0) is 15.9. The zero-order valence-corrected chi connectivity index (χ0v) is 14.7. The Labute approximate surface area is 139 Å². The fourth-order valence-electron chi connectivity index (χ4n) is 2.94. The molecule has 2 N–H and O–H groups in total. The average Bonchev–Trinajstić information content (AvgIpc) is 2.91. The highest BCUT2D eigenvalue weighted by Gasteiger charge is 2.33. The zero-order valence-electron chi connectivity index (χ0n) is 12.3. The third-order valence-corrected chi connectivity index (χ3v) is 7.53. The number of nitrogens with zero attached hydrogens (tertiary/aromatic N) is 1. The lowest BCUT2D eigenvalue weighted by molar-refractivity contribution is 0.243. The smallest absolute Gasteiger partial charge is 0.244 e. The maximum absolute atomic E-state index is 13.0. The van der Waals surface area contributed by atoms with Gasteiger partial charge in [0.25, 0.3) is 0 Å². The molecule has 1 aromatic heterocycles. The standard InChI is InChI=1S/C15H19ClN2O2S2/c1-10(17)11-3-2-6-18(8-11)22(19,20)15-9-21-14-5-4-12(16)7-13(14)15/h4-5,7,9-11H,2-3,6,8,17H2,1H3. The average molecular weight is 359 g/mol. The number of hydrogen-bond donors (Lipinski definition) is 1. The summed E-state index contributed by atoms with van der Waals surface area (Å²) in [5.74, 6) is 0.219. The Balaban J connectivity index is 1.99. The summed E-state index contributed by atoms with van der Waals surface area (Å²) in [6, 6.07) is 5.38. The lowest BCUT2D eigenvalue weighted by atomic mass is 9.93. The molecule has 7 heteroatoms. The number of piperidine rings is 1. The molecular formula is C15H19ClN2O2S2. The number of nitrogens with two attached hydrogens (primary N) is 1. The second kappa shape index (κ2) is 6.09. The first-order valence-electron chi connectivity index (χ1n) is 7.32. The van der Waals surface area contributed by atoms with E-state index in [0.29, 0.717) is 28.4 Å². The summed E-state index contributed by atoms with van der Waals surface area (Å²) < 4.78 is 28.5. The molecule has 3 rings (SSSR count). The molecule has 1 saturated heterocycles. The van der Waals surface area contributed by atoms with Gasteiger partial charge in [0, 0.05) is 39.6 Å². The minimum atomic E-state index is -3.50. The van der Waals surface area contributed by atoms with Gasteiger partial charge in [-0.2, -0.15) is 4.31 Å². The molecule has 0 amide bonds. The maximum atomic E-state index is 13.0. The van der Waals surface area contributed by atoms with Crippen LogP contribution in [0.25, 0.3) is 10.1 Å². The van der Waals surface area contributed by atoms with Crippen LogP contribution < -0.4 is 5.73 Å². The molecule has 1 aromatic carbocycles. The second-order valence-corrected chi connectivity index (χ2v) is 9.12. The minimum absolute atomic E-state index is 0.00617. The highest BCUT2D eigenvalue weighted by molar-refractivity contribution is 7.89. The van der Waals surface area contributed by atoms with E-state index in [1.54, 1.807) is 21.8 Å². The summed E-state index contributed by atoms with van der Waals surface area (Å²) in [5, 5.41) is 2.97. The number of benzene rings is 1. The molecule has 2 atom stereocenters. The van der Waals surface area contributed by atoms with E-state index >= 15 is 0 Å². The summed E-state index contributed by atoms with van der Waals surface area (Å²) in [5.41, 5.74) is 5.96. The molecule has 1 fully saturated rings. The molecule has 22 heavy (non-hydrogen) atoms. The topological polar surface area (TPSA) is 63.4 Å². The van der Waals surface area contributed by atoms with Crippen LogP contribution in [0.5, 0.6) is 0 Å². The number of hydrogen-bond acceptors (Lipinski definition) is 4. The third-order valence-electron chi connectivity index (χ3n) is 4.28. The van der Waals surface area contributed by atoms with Crippen LogP contribution in [0, 0.1) is 5.92 Å². The van der Waals surface area contributed by atoms with E-state index in [9.17, 15) is 8.42 Å². The van der Waals surface area contributed by atoms with Crippen LogP contribution in [0.3, 0.4) is 0 Å². The summed E-state index contributed by atoms with van der Waals surface area (Å²) in [6.45, 7) is 3.00. The Morgan fingerprint density at radius 3 is 2.95 bits per heavy atom. The van der Waals surface area contributed by atoms with Gasteiger partial charge in [-0.3, -0.25) is 0 Å².